The predicted octanol–water partition coefficient (Wildman–Crippen LogP) is 5.23. The Hall–Kier alpha value is -4.69. The maximum Gasteiger partial charge on any atom is 0.306 e. The topological polar surface area (TPSA) is 114 Å². The van der Waals surface area contributed by atoms with Crippen LogP contribution < -0.4 is 15.4 Å². The van der Waals surface area contributed by atoms with Crippen molar-refractivity contribution in [2.24, 2.45) is 5.92 Å². The lowest BCUT2D eigenvalue weighted by atomic mass is 9.98. The molecule has 0 radical (unpaired) electrons. The summed E-state index contributed by atoms with van der Waals surface area (Å²) < 4.78 is 11.5. The Morgan fingerprint density at radius 1 is 0.864 bits per heavy atom. The summed E-state index contributed by atoms with van der Waals surface area (Å²) in [5.74, 6) is -1.05. The van der Waals surface area contributed by atoms with Gasteiger partial charge in [-0.25, -0.2) is 0 Å². The molecule has 0 fully saturated rings. The van der Waals surface area contributed by atoms with Crippen molar-refractivity contribution in [3.05, 3.63) is 127 Å². The van der Waals surface area contributed by atoms with Gasteiger partial charge in [0.05, 0.1) is 25.1 Å². The average Bonchev–Trinajstić information content (AvgIpc) is 3.05. The normalized spacial score (nSPS) is 12.7. The first-order valence-corrected chi connectivity index (χ1v) is 14.8. The first kappa shape index (κ1) is 33.8. The third kappa shape index (κ3) is 11.9. The van der Waals surface area contributed by atoms with Gasteiger partial charge in [0.2, 0.25) is 11.8 Å². The Morgan fingerprint density at radius 2 is 1.55 bits per heavy atom. The van der Waals surface area contributed by atoms with Crippen molar-refractivity contribution < 1.29 is 29.0 Å². The number of amides is 2. The van der Waals surface area contributed by atoms with Gasteiger partial charge in [0.1, 0.15) is 18.5 Å². The van der Waals surface area contributed by atoms with E-state index in [0.717, 1.165) is 22.4 Å². The molecule has 0 heterocycles. The van der Waals surface area contributed by atoms with Crippen molar-refractivity contribution in [1.29, 1.82) is 0 Å². The van der Waals surface area contributed by atoms with E-state index >= 15 is 0 Å². The number of rotatable bonds is 19. The molecule has 0 bridgehead atoms. The summed E-state index contributed by atoms with van der Waals surface area (Å²) in [6.45, 7) is 7.62. The van der Waals surface area contributed by atoms with E-state index in [1.165, 1.54) is 0 Å². The summed E-state index contributed by atoms with van der Waals surface area (Å²) in [6.07, 6.45) is 3.85. The van der Waals surface area contributed by atoms with Crippen molar-refractivity contribution >= 4 is 17.8 Å². The van der Waals surface area contributed by atoms with Crippen molar-refractivity contribution in [3.8, 4) is 5.75 Å². The SMILES string of the molecule is C=CCCC(=O)O[C@H](CNC(=O)[C@@H](CC=C)CC(=O)N[C@H](CO)Cc1ccc(OCc2ccccc2)cc1)c1ccccc1. The van der Waals surface area contributed by atoms with E-state index in [1.54, 1.807) is 12.2 Å². The van der Waals surface area contributed by atoms with Gasteiger partial charge >= 0.3 is 5.97 Å². The standard InChI is InChI=1S/C36H42N2O6/c1-3-5-17-35(41)44-33(29-15-10-7-11-16-29)24-37-36(42)30(12-4-2)23-34(40)38-31(25-39)22-27-18-20-32(21-19-27)43-26-28-13-8-6-9-14-28/h3-4,6-11,13-16,18-21,30-31,33,39H,1-2,5,12,17,22-26H2,(H,37,42)(H,38,40)/t30-,31-,33+/m0/s1. The van der Waals surface area contributed by atoms with Crippen LogP contribution in [-0.4, -0.2) is 42.1 Å². The quantitative estimate of drug-likeness (QED) is 0.129. The zero-order valence-corrected chi connectivity index (χ0v) is 25.0. The Bertz CT molecular complexity index is 1330. The lowest BCUT2D eigenvalue weighted by molar-refractivity contribution is -0.150. The van der Waals surface area contributed by atoms with Crippen LogP contribution in [0, 0.1) is 5.92 Å². The van der Waals surface area contributed by atoms with E-state index in [2.05, 4.69) is 23.8 Å². The van der Waals surface area contributed by atoms with Gasteiger partial charge in [-0.05, 0) is 48.1 Å². The molecule has 232 valence electrons. The van der Waals surface area contributed by atoms with E-state index in [9.17, 15) is 19.5 Å². The number of ether oxygens (including phenoxy) is 2. The average molecular weight is 599 g/mol. The van der Waals surface area contributed by atoms with Gasteiger partial charge in [0.25, 0.3) is 0 Å². The zero-order chi connectivity index (χ0) is 31.6. The lowest BCUT2D eigenvalue weighted by Crippen LogP contribution is -2.42. The largest absolute Gasteiger partial charge is 0.489 e. The summed E-state index contributed by atoms with van der Waals surface area (Å²) in [7, 11) is 0. The van der Waals surface area contributed by atoms with E-state index in [4.69, 9.17) is 9.47 Å². The molecule has 0 aliphatic carbocycles. The van der Waals surface area contributed by atoms with Crippen molar-refractivity contribution in [2.75, 3.05) is 13.2 Å². The number of benzene rings is 3. The molecule has 3 atom stereocenters. The summed E-state index contributed by atoms with van der Waals surface area (Å²) >= 11 is 0. The minimum atomic E-state index is -0.680. The number of aliphatic hydroxyl groups is 1. The van der Waals surface area contributed by atoms with Crippen LogP contribution in [0.25, 0.3) is 0 Å². The van der Waals surface area contributed by atoms with Gasteiger partial charge in [-0.1, -0.05) is 84.9 Å². The first-order chi connectivity index (χ1) is 21.4. The molecule has 3 aromatic rings. The molecular weight excluding hydrogens is 556 g/mol. The van der Waals surface area contributed by atoms with Gasteiger partial charge in [0.15, 0.2) is 0 Å². The van der Waals surface area contributed by atoms with Crippen LogP contribution in [0.5, 0.6) is 5.75 Å². The third-order valence-corrected chi connectivity index (χ3v) is 6.95. The number of allylic oxidation sites excluding steroid dienone is 2. The number of carbonyl (C=O) groups is 3. The van der Waals surface area contributed by atoms with E-state index < -0.39 is 18.1 Å². The molecular formula is C36H42N2O6. The fraction of sp³-hybridized carbons (Fsp3) is 0.306. The van der Waals surface area contributed by atoms with Gasteiger partial charge in [-0.15, -0.1) is 13.2 Å². The van der Waals surface area contributed by atoms with Crippen molar-refractivity contribution in [3.63, 3.8) is 0 Å². The maximum atomic E-state index is 13.1. The highest BCUT2D eigenvalue weighted by Crippen LogP contribution is 2.19. The summed E-state index contributed by atoms with van der Waals surface area (Å²) in [5.41, 5.74) is 2.74. The highest BCUT2D eigenvalue weighted by atomic mass is 16.5. The summed E-state index contributed by atoms with van der Waals surface area (Å²) in [4.78, 5) is 38.4. The number of hydrogen-bond donors (Lipinski definition) is 3. The minimum Gasteiger partial charge on any atom is -0.489 e. The zero-order valence-electron chi connectivity index (χ0n) is 25.0. The van der Waals surface area contributed by atoms with Gasteiger partial charge in [-0.3, -0.25) is 14.4 Å². The van der Waals surface area contributed by atoms with Crippen LogP contribution in [-0.2, 0) is 32.1 Å². The Balaban J connectivity index is 1.52. The fourth-order valence-corrected chi connectivity index (χ4v) is 4.57. The molecule has 2 amide bonds. The van der Waals surface area contributed by atoms with Crippen LogP contribution in [0.3, 0.4) is 0 Å². The second-order valence-electron chi connectivity index (χ2n) is 10.5. The first-order valence-electron chi connectivity index (χ1n) is 14.8. The second-order valence-corrected chi connectivity index (χ2v) is 10.5. The van der Waals surface area contributed by atoms with Crippen molar-refractivity contribution in [2.45, 2.75) is 50.9 Å². The Kier molecular flexibility index (Phi) is 14.4. The molecule has 0 spiro atoms. The molecule has 3 rings (SSSR count). The van der Waals surface area contributed by atoms with E-state index in [1.807, 2.05) is 84.9 Å². The smallest absolute Gasteiger partial charge is 0.306 e. The number of aliphatic hydroxyl groups excluding tert-OH is 1. The van der Waals surface area contributed by atoms with Gasteiger partial charge in [0, 0.05) is 12.8 Å². The molecule has 0 aliphatic rings. The van der Waals surface area contributed by atoms with Gasteiger partial charge in [-0.2, -0.15) is 0 Å². The van der Waals surface area contributed by atoms with E-state index in [-0.39, 0.29) is 50.2 Å². The van der Waals surface area contributed by atoms with Crippen LogP contribution in [0.1, 0.15) is 48.5 Å². The number of carbonyl (C=O) groups excluding carboxylic acids is 3. The number of esters is 1. The predicted molar refractivity (Wildman–Crippen MR) is 171 cm³/mol. The molecule has 8 heteroatoms. The molecule has 0 saturated heterocycles. The maximum absolute atomic E-state index is 13.1. The third-order valence-electron chi connectivity index (χ3n) is 6.95. The van der Waals surface area contributed by atoms with Crippen LogP contribution in [0.15, 0.2) is 110 Å². The number of hydrogen-bond acceptors (Lipinski definition) is 6. The second kappa shape index (κ2) is 18.8. The van der Waals surface area contributed by atoms with Crippen LogP contribution in [0.4, 0.5) is 0 Å². The lowest BCUT2D eigenvalue weighted by Gasteiger charge is -2.22. The Morgan fingerprint density at radius 3 is 2.18 bits per heavy atom. The highest BCUT2D eigenvalue weighted by molar-refractivity contribution is 5.86. The van der Waals surface area contributed by atoms with Crippen LogP contribution >= 0.6 is 0 Å². The summed E-state index contributed by atoms with van der Waals surface area (Å²) in [5, 5.41) is 15.6. The Labute approximate surface area is 259 Å². The number of nitrogens with one attached hydrogen (secondary N) is 2. The molecule has 3 aromatic carbocycles. The fourth-order valence-electron chi connectivity index (χ4n) is 4.57. The molecule has 3 N–H and O–H groups in total. The minimum absolute atomic E-state index is 0.0578. The molecule has 0 aromatic heterocycles. The molecule has 44 heavy (non-hydrogen) atoms. The molecule has 0 unspecified atom stereocenters. The van der Waals surface area contributed by atoms with Crippen molar-refractivity contribution in [1.82, 2.24) is 10.6 Å². The molecule has 8 nitrogen and oxygen atoms in total. The van der Waals surface area contributed by atoms with E-state index in [0.29, 0.717) is 19.4 Å². The molecule has 0 saturated carbocycles. The van der Waals surface area contributed by atoms with Crippen LogP contribution in [0.2, 0.25) is 0 Å². The molecule has 0 aliphatic heterocycles. The summed E-state index contributed by atoms with van der Waals surface area (Å²) in [6, 6.07) is 26.0. The van der Waals surface area contributed by atoms with Gasteiger partial charge < -0.3 is 25.2 Å². The monoisotopic (exact) mass is 598 g/mol. The highest BCUT2D eigenvalue weighted by Gasteiger charge is 2.24.